The Morgan fingerprint density at radius 2 is 1.62 bits per heavy atom. The molecular formula is C19H33N5O5. The SMILES string of the molecule is CC(C)C[C@H](NC(=O)OC(C)(C)C)C(=O)N[C@H](C(=O)NCC(=O)C=[N+]=[N-])C(C)C. The van der Waals surface area contributed by atoms with Gasteiger partial charge in [0.25, 0.3) is 5.78 Å². The van der Waals surface area contributed by atoms with Crippen LogP contribution in [0.4, 0.5) is 4.79 Å². The number of Topliss-reactive ketones (excluding diaryl/α,β-unsaturated/α-hetero) is 1. The van der Waals surface area contributed by atoms with Gasteiger partial charge in [-0.1, -0.05) is 27.7 Å². The molecule has 10 heteroatoms. The van der Waals surface area contributed by atoms with E-state index in [2.05, 4.69) is 20.7 Å². The maximum absolute atomic E-state index is 12.8. The van der Waals surface area contributed by atoms with Gasteiger partial charge in [-0.25, -0.2) is 4.79 Å². The first-order chi connectivity index (χ1) is 13.3. The lowest BCUT2D eigenvalue weighted by atomic mass is 10.00. The normalized spacial score (nSPS) is 13.1. The zero-order valence-corrected chi connectivity index (χ0v) is 18.2. The lowest BCUT2D eigenvalue weighted by molar-refractivity contribution is -0.131. The molecule has 0 aliphatic rings. The van der Waals surface area contributed by atoms with E-state index in [1.807, 2.05) is 13.8 Å². The summed E-state index contributed by atoms with van der Waals surface area (Å²) in [7, 11) is 0. The van der Waals surface area contributed by atoms with Gasteiger partial charge in [-0.3, -0.25) is 14.4 Å². The minimum absolute atomic E-state index is 0.0994. The van der Waals surface area contributed by atoms with Crippen LogP contribution in [0.15, 0.2) is 0 Å². The Hall–Kier alpha value is -2.74. The van der Waals surface area contributed by atoms with E-state index in [1.54, 1.807) is 34.6 Å². The van der Waals surface area contributed by atoms with Crippen molar-refractivity contribution in [2.75, 3.05) is 6.54 Å². The van der Waals surface area contributed by atoms with E-state index in [0.29, 0.717) is 12.6 Å². The molecule has 0 spiro atoms. The van der Waals surface area contributed by atoms with Gasteiger partial charge in [-0.05, 0) is 39.0 Å². The van der Waals surface area contributed by atoms with Crippen LogP contribution in [0.2, 0.25) is 0 Å². The molecule has 0 aromatic rings. The summed E-state index contributed by atoms with van der Waals surface area (Å²) in [6, 6.07) is -1.81. The van der Waals surface area contributed by atoms with Crippen LogP contribution >= 0.6 is 0 Å². The van der Waals surface area contributed by atoms with Gasteiger partial charge in [-0.15, -0.1) is 0 Å². The summed E-state index contributed by atoms with van der Waals surface area (Å²) in [6.45, 7) is 12.0. The molecule has 2 atom stereocenters. The molecule has 0 radical (unpaired) electrons. The van der Waals surface area contributed by atoms with Gasteiger partial charge in [0.1, 0.15) is 17.7 Å². The number of rotatable bonds is 10. The molecule has 29 heavy (non-hydrogen) atoms. The minimum Gasteiger partial charge on any atom is -0.444 e. The number of amides is 3. The first-order valence-electron chi connectivity index (χ1n) is 9.54. The zero-order valence-electron chi connectivity index (χ0n) is 18.2. The molecule has 0 unspecified atom stereocenters. The standard InChI is InChI=1S/C19H33N5O5/c1-11(2)8-14(23-18(28)29-19(5,6)7)16(26)24-15(12(3)4)17(27)21-9-13(25)10-22-20/h10-12,14-15H,8-9H2,1-7H3,(H,21,27)(H,23,28)(H,24,26)/t14-,15-/m0/s1. The van der Waals surface area contributed by atoms with Gasteiger partial charge in [0.2, 0.25) is 11.8 Å². The summed E-state index contributed by atoms with van der Waals surface area (Å²) in [4.78, 5) is 51.2. The number of ketones is 1. The Morgan fingerprint density at radius 1 is 1.03 bits per heavy atom. The number of hydrogen-bond donors (Lipinski definition) is 3. The van der Waals surface area contributed by atoms with Crippen LogP contribution in [-0.4, -0.2) is 58.9 Å². The molecule has 0 bridgehead atoms. The largest absolute Gasteiger partial charge is 0.444 e. The topological polar surface area (TPSA) is 150 Å². The summed E-state index contributed by atoms with van der Waals surface area (Å²) < 4.78 is 5.21. The highest BCUT2D eigenvalue weighted by Gasteiger charge is 2.30. The van der Waals surface area contributed by atoms with Gasteiger partial charge in [-0.2, -0.15) is 4.79 Å². The van der Waals surface area contributed by atoms with E-state index in [0.717, 1.165) is 0 Å². The van der Waals surface area contributed by atoms with E-state index in [4.69, 9.17) is 10.3 Å². The molecule has 0 aliphatic heterocycles. The summed E-state index contributed by atoms with van der Waals surface area (Å²) >= 11 is 0. The lowest BCUT2D eigenvalue weighted by Crippen LogP contribution is -2.56. The Balaban J connectivity index is 5.18. The molecule has 0 saturated carbocycles. The monoisotopic (exact) mass is 411 g/mol. The van der Waals surface area contributed by atoms with Crippen LogP contribution in [0.1, 0.15) is 54.9 Å². The average molecular weight is 412 g/mol. The van der Waals surface area contributed by atoms with Gasteiger partial charge in [0.05, 0.1) is 6.54 Å². The third kappa shape index (κ3) is 11.6. The highest BCUT2D eigenvalue weighted by atomic mass is 16.6. The molecule has 3 amide bonds. The van der Waals surface area contributed by atoms with Crippen molar-refractivity contribution in [2.45, 2.75) is 72.6 Å². The zero-order chi connectivity index (χ0) is 22.8. The predicted octanol–water partition coefficient (Wildman–Crippen LogP) is 1.05. The quantitative estimate of drug-likeness (QED) is 0.279. The van der Waals surface area contributed by atoms with E-state index >= 15 is 0 Å². The fourth-order valence-corrected chi connectivity index (χ4v) is 2.34. The predicted molar refractivity (Wildman–Crippen MR) is 107 cm³/mol. The van der Waals surface area contributed by atoms with Crippen molar-refractivity contribution in [1.82, 2.24) is 16.0 Å². The maximum atomic E-state index is 12.8. The fourth-order valence-electron chi connectivity index (χ4n) is 2.34. The molecule has 0 saturated heterocycles. The van der Waals surface area contributed by atoms with Gasteiger partial charge in [0, 0.05) is 0 Å². The van der Waals surface area contributed by atoms with Crippen molar-refractivity contribution < 1.29 is 28.7 Å². The Labute approximate surface area is 171 Å². The van der Waals surface area contributed by atoms with Crippen molar-refractivity contribution in [2.24, 2.45) is 11.8 Å². The maximum Gasteiger partial charge on any atom is 0.408 e. The van der Waals surface area contributed by atoms with E-state index in [1.165, 1.54) is 0 Å². The average Bonchev–Trinajstić information content (AvgIpc) is 2.54. The number of alkyl carbamates (subject to hydrolysis) is 1. The Kier molecular flexibility index (Phi) is 10.8. The molecule has 0 aromatic carbocycles. The second-order valence-corrected chi connectivity index (χ2v) is 8.49. The smallest absolute Gasteiger partial charge is 0.408 e. The summed E-state index contributed by atoms with van der Waals surface area (Å²) in [5.41, 5.74) is 7.61. The van der Waals surface area contributed by atoms with Gasteiger partial charge in [0.15, 0.2) is 0 Å². The summed E-state index contributed by atoms with van der Waals surface area (Å²) in [5.74, 6) is -1.86. The van der Waals surface area contributed by atoms with Crippen LogP contribution in [0.5, 0.6) is 0 Å². The van der Waals surface area contributed by atoms with Crippen LogP contribution in [0, 0.1) is 11.8 Å². The van der Waals surface area contributed by atoms with Crippen LogP contribution < -0.4 is 16.0 Å². The van der Waals surface area contributed by atoms with Crippen LogP contribution in [-0.2, 0) is 19.1 Å². The molecule has 0 rings (SSSR count). The molecule has 10 nitrogen and oxygen atoms in total. The van der Waals surface area contributed by atoms with E-state index in [9.17, 15) is 19.2 Å². The third-order valence-electron chi connectivity index (χ3n) is 3.60. The van der Waals surface area contributed by atoms with Crippen molar-refractivity contribution in [1.29, 1.82) is 0 Å². The number of ether oxygens (including phenoxy) is 1. The number of carbonyl (C=O) groups excluding carboxylic acids is 4. The first kappa shape index (κ1) is 26.3. The fraction of sp³-hybridized carbons (Fsp3) is 0.737. The number of carbonyl (C=O) groups is 4. The van der Waals surface area contributed by atoms with Gasteiger partial charge < -0.3 is 26.2 Å². The summed E-state index contributed by atoms with van der Waals surface area (Å²) in [6.07, 6.45) is 0.299. The molecule has 0 aromatic heterocycles. The second-order valence-electron chi connectivity index (χ2n) is 8.49. The molecule has 0 fully saturated rings. The van der Waals surface area contributed by atoms with Crippen molar-refractivity contribution in [3.8, 4) is 0 Å². The summed E-state index contributed by atoms with van der Waals surface area (Å²) in [5, 5.41) is 7.57. The van der Waals surface area contributed by atoms with Crippen molar-refractivity contribution in [3.05, 3.63) is 5.53 Å². The van der Waals surface area contributed by atoms with Crippen LogP contribution in [0.25, 0.3) is 5.53 Å². The number of hydrogen-bond acceptors (Lipinski definition) is 5. The molecule has 164 valence electrons. The van der Waals surface area contributed by atoms with E-state index < -0.39 is 41.4 Å². The molecular weight excluding hydrogens is 378 g/mol. The highest BCUT2D eigenvalue weighted by molar-refractivity contribution is 6.26. The Morgan fingerprint density at radius 3 is 2.07 bits per heavy atom. The number of nitrogens with zero attached hydrogens (tertiary/aromatic N) is 2. The lowest BCUT2D eigenvalue weighted by Gasteiger charge is -2.27. The number of nitrogens with one attached hydrogen (secondary N) is 3. The first-order valence-corrected chi connectivity index (χ1v) is 9.54. The third-order valence-corrected chi connectivity index (χ3v) is 3.60. The Bertz CT molecular complexity index is 648. The minimum atomic E-state index is -0.920. The van der Waals surface area contributed by atoms with Crippen molar-refractivity contribution >= 4 is 29.9 Å². The van der Waals surface area contributed by atoms with Gasteiger partial charge >= 0.3 is 12.3 Å². The molecule has 0 heterocycles. The molecule has 0 aliphatic carbocycles. The highest BCUT2D eigenvalue weighted by Crippen LogP contribution is 2.11. The van der Waals surface area contributed by atoms with E-state index in [-0.39, 0.29) is 18.4 Å². The van der Waals surface area contributed by atoms with Crippen molar-refractivity contribution in [3.63, 3.8) is 0 Å². The second kappa shape index (κ2) is 12.0. The van der Waals surface area contributed by atoms with Crippen LogP contribution in [0.3, 0.4) is 0 Å². The molecule has 3 N–H and O–H groups in total.